The molecular weight excluding hydrogens is 360 g/mol. The molecule has 0 saturated heterocycles. The lowest BCUT2D eigenvalue weighted by atomic mass is 10.0. The summed E-state index contributed by atoms with van der Waals surface area (Å²) in [6.45, 7) is 1.98. The van der Waals surface area contributed by atoms with Gasteiger partial charge in [0.15, 0.2) is 0 Å². The molecule has 1 aromatic heterocycles. The molecule has 2 aromatic carbocycles. The molecule has 1 N–H and O–H groups in total. The van der Waals surface area contributed by atoms with Crippen molar-refractivity contribution in [3.8, 4) is 11.4 Å². The van der Waals surface area contributed by atoms with Crippen LogP contribution in [0.5, 0.6) is 5.75 Å². The molecule has 0 aliphatic heterocycles. The second kappa shape index (κ2) is 8.34. The first-order valence-corrected chi connectivity index (χ1v) is 8.76. The summed E-state index contributed by atoms with van der Waals surface area (Å²) in [5.74, 6) is 0.460. The number of carbonyl (C=O) groups is 1. The molecule has 0 spiro atoms. The number of carbonyl (C=O) groups excluding carboxylic acids is 1. The van der Waals surface area contributed by atoms with Crippen LogP contribution in [0.4, 0.5) is 5.69 Å². The van der Waals surface area contributed by atoms with E-state index in [4.69, 9.17) is 4.74 Å². The molecule has 0 fully saturated rings. The minimum atomic E-state index is -0.464. The van der Waals surface area contributed by atoms with E-state index < -0.39 is 4.92 Å². The molecule has 0 bridgehead atoms. The zero-order chi connectivity index (χ0) is 20.1. The molecule has 8 nitrogen and oxygen atoms in total. The number of ether oxygens (including phenoxy) is 1. The van der Waals surface area contributed by atoms with Gasteiger partial charge in [-0.25, -0.2) is 4.68 Å². The van der Waals surface area contributed by atoms with Gasteiger partial charge in [-0.3, -0.25) is 14.9 Å². The van der Waals surface area contributed by atoms with E-state index in [-0.39, 0.29) is 17.6 Å². The topological polar surface area (TPSA) is 99.3 Å². The van der Waals surface area contributed by atoms with Crippen molar-refractivity contribution in [2.24, 2.45) is 0 Å². The number of nitrogens with one attached hydrogen (secondary N) is 1. The molecule has 0 radical (unpaired) electrons. The van der Waals surface area contributed by atoms with Crippen molar-refractivity contribution >= 4 is 11.6 Å². The average molecular weight is 380 g/mol. The van der Waals surface area contributed by atoms with Crippen LogP contribution in [0.2, 0.25) is 0 Å². The number of para-hydroxylation sites is 1. The van der Waals surface area contributed by atoms with Gasteiger partial charge in [0.05, 0.1) is 35.5 Å². The van der Waals surface area contributed by atoms with Crippen molar-refractivity contribution in [2.75, 3.05) is 7.11 Å². The molecule has 1 atom stereocenters. The predicted octanol–water partition coefficient (Wildman–Crippen LogP) is 3.67. The highest BCUT2D eigenvalue weighted by molar-refractivity contribution is 5.94. The third kappa shape index (κ3) is 4.01. The van der Waals surface area contributed by atoms with E-state index in [2.05, 4.69) is 10.4 Å². The van der Waals surface area contributed by atoms with Gasteiger partial charge in [0, 0.05) is 23.9 Å². The Morgan fingerprint density at radius 2 is 1.96 bits per heavy atom. The molecular formula is C20H20N4O4. The summed E-state index contributed by atoms with van der Waals surface area (Å²) in [7, 11) is 1.60. The van der Waals surface area contributed by atoms with Crippen LogP contribution in [0.25, 0.3) is 5.69 Å². The van der Waals surface area contributed by atoms with Crippen molar-refractivity contribution in [1.82, 2.24) is 15.1 Å². The maximum absolute atomic E-state index is 12.7. The average Bonchev–Trinajstić information content (AvgIpc) is 3.22. The fraction of sp³-hybridized carbons (Fsp3) is 0.200. The molecule has 3 aromatic rings. The van der Waals surface area contributed by atoms with Crippen LogP contribution in [-0.4, -0.2) is 27.7 Å². The smallest absolute Gasteiger partial charge is 0.269 e. The quantitative estimate of drug-likeness (QED) is 0.498. The second-order valence-electron chi connectivity index (χ2n) is 6.12. The van der Waals surface area contributed by atoms with Crippen LogP contribution in [0.3, 0.4) is 0 Å². The SMILES string of the molecule is CCC(NC(=O)c1cnn(-c2ccc([N+](=O)[O-])cc2)c1)c1ccccc1OC. The number of nitro groups is 1. The number of hydrogen-bond donors (Lipinski definition) is 1. The first-order chi connectivity index (χ1) is 13.5. The van der Waals surface area contributed by atoms with E-state index in [1.54, 1.807) is 25.4 Å². The van der Waals surface area contributed by atoms with Crippen molar-refractivity contribution in [3.05, 3.63) is 82.2 Å². The molecule has 1 amide bonds. The molecule has 28 heavy (non-hydrogen) atoms. The Bertz CT molecular complexity index is 982. The van der Waals surface area contributed by atoms with Crippen molar-refractivity contribution in [2.45, 2.75) is 19.4 Å². The number of amides is 1. The highest BCUT2D eigenvalue weighted by atomic mass is 16.6. The van der Waals surface area contributed by atoms with Gasteiger partial charge >= 0.3 is 0 Å². The fourth-order valence-electron chi connectivity index (χ4n) is 2.90. The third-order valence-electron chi connectivity index (χ3n) is 4.40. The van der Waals surface area contributed by atoms with Gasteiger partial charge in [0.1, 0.15) is 5.75 Å². The summed E-state index contributed by atoms with van der Waals surface area (Å²) in [5, 5.41) is 17.9. The molecule has 8 heteroatoms. The summed E-state index contributed by atoms with van der Waals surface area (Å²) in [6.07, 6.45) is 3.75. The fourth-order valence-corrected chi connectivity index (χ4v) is 2.90. The Hall–Kier alpha value is -3.68. The Labute approximate surface area is 161 Å². The van der Waals surface area contributed by atoms with E-state index in [1.165, 1.54) is 23.0 Å². The molecule has 0 aliphatic carbocycles. The number of nitrogens with zero attached hydrogens (tertiary/aromatic N) is 3. The Morgan fingerprint density at radius 3 is 2.61 bits per heavy atom. The number of rotatable bonds is 7. The monoisotopic (exact) mass is 380 g/mol. The third-order valence-corrected chi connectivity index (χ3v) is 4.40. The minimum Gasteiger partial charge on any atom is -0.496 e. The summed E-state index contributed by atoms with van der Waals surface area (Å²) < 4.78 is 6.89. The Balaban J connectivity index is 1.77. The van der Waals surface area contributed by atoms with Crippen molar-refractivity contribution < 1.29 is 14.5 Å². The van der Waals surface area contributed by atoms with Crippen LogP contribution in [0, 0.1) is 10.1 Å². The van der Waals surface area contributed by atoms with Gasteiger partial charge in [0.25, 0.3) is 11.6 Å². The van der Waals surface area contributed by atoms with Crippen LogP contribution in [0.1, 0.15) is 35.3 Å². The lowest BCUT2D eigenvalue weighted by molar-refractivity contribution is -0.384. The molecule has 144 valence electrons. The number of nitro benzene ring substituents is 1. The lowest BCUT2D eigenvalue weighted by Crippen LogP contribution is -2.28. The van der Waals surface area contributed by atoms with Gasteiger partial charge in [0.2, 0.25) is 0 Å². The molecule has 0 saturated carbocycles. The predicted molar refractivity (Wildman–Crippen MR) is 104 cm³/mol. The Kier molecular flexibility index (Phi) is 5.69. The molecule has 3 rings (SSSR count). The number of methoxy groups -OCH3 is 1. The summed E-state index contributed by atoms with van der Waals surface area (Å²) in [5.41, 5.74) is 1.92. The summed E-state index contributed by atoms with van der Waals surface area (Å²) in [6, 6.07) is 13.3. The standard InChI is InChI=1S/C20H20N4O4/c1-3-18(17-6-4-5-7-19(17)28-2)22-20(25)14-12-21-23(13-14)15-8-10-16(11-9-15)24(26)27/h4-13,18H,3H2,1-2H3,(H,22,25). The zero-order valence-corrected chi connectivity index (χ0v) is 15.5. The zero-order valence-electron chi connectivity index (χ0n) is 15.5. The van der Waals surface area contributed by atoms with Crippen LogP contribution < -0.4 is 10.1 Å². The van der Waals surface area contributed by atoms with Gasteiger partial charge in [-0.15, -0.1) is 0 Å². The van der Waals surface area contributed by atoms with E-state index in [0.29, 0.717) is 17.7 Å². The van der Waals surface area contributed by atoms with Crippen LogP contribution >= 0.6 is 0 Å². The second-order valence-corrected chi connectivity index (χ2v) is 6.12. The largest absolute Gasteiger partial charge is 0.496 e. The highest BCUT2D eigenvalue weighted by Gasteiger charge is 2.18. The number of benzene rings is 2. The van der Waals surface area contributed by atoms with Crippen LogP contribution in [0.15, 0.2) is 60.9 Å². The number of non-ortho nitro benzene ring substituents is 1. The van der Waals surface area contributed by atoms with E-state index in [9.17, 15) is 14.9 Å². The van der Waals surface area contributed by atoms with E-state index in [0.717, 1.165) is 11.3 Å². The molecule has 0 aliphatic rings. The minimum absolute atomic E-state index is 0.00327. The summed E-state index contributed by atoms with van der Waals surface area (Å²) >= 11 is 0. The number of hydrogen-bond acceptors (Lipinski definition) is 5. The van der Waals surface area contributed by atoms with Gasteiger partial charge in [-0.2, -0.15) is 5.10 Å². The van der Waals surface area contributed by atoms with Crippen molar-refractivity contribution in [3.63, 3.8) is 0 Å². The highest BCUT2D eigenvalue weighted by Crippen LogP contribution is 2.27. The Morgan fingerprint density at radius 1 is 1.25 bits per heavy atom. The normalized spacial score (nSPS) is 11.6. The maximum Gasteiger partial charge on any atom is 0.269 e. The first-order valence-electron chi connectivity index (χ1n) is 8.76. The summed E-state index contributed by atoms with van der Waals surface area (Å²) in [4.78, 5) is 23.0. The van der Waals surface area contributed by atoms with Gasteiger partial charge in [-0.1, -0.05) is 25.1 Å². The molecule has 1 unspecified atom stereocenters. The lowest BCUT2D eigenvalue weighted by Gasteiger charge is -2.19. The molecule has 1 heterocycles. The van der Waals surface area contributed by atoms with E-state index >= 15 is 0 Å². The first kappa shape index (κ1) is 19.1. The van der Waals surface area contributed by atoms with Gasteiger partial charge in [-0.05, 0) is 24.6 Å². The van der Waals surface area contributed by atoms with Crippen LogP contribution in [-0.2, 0) is 0 Å². The van der Waals surface area contributed by atoms with E-state index in [1.807, 2.05) is 31.2 Å². The van der Waals surface area contributed by atoms with Gasteiger partial charge < -0.3 is 10.1 Å². The number of aromatic nitrogens is 2. The van der Waals surface area contributed by atoms with Crippen molar-refractivity contribution in [1.29, 1.82) is 0 Å². The maximum atomic E-state index is 12.7.